The molecule has 22 heavy (non-hydrogen) atoms. The Hall–Kier alpha value is -1.38. The third kappa shape index (κ3) is 2.90. The highest BCUT2D eigenvalue weighted by Crippen LogP contribution is 2.39. The van der Waals surface area contributed by atoms with Crippen LogP contribution in [0.5, 0.6) is 0 Å². The molecular formula is C17H22N2O2S. The number of carbonyl (C=O) groups excluding carboxylic acids is 1. The predicted molar refractivity (Wildman–Crippen MR) is 85.3 cm³/mol. The van der Waals surface area contributed by atoms with Gasteiger partial charge in [-0.05, 0) is 42.2 Å². The van der Waals surface area contributed by atoms with Crippen LogP contribution in [-0.4, -0.2) is 30.0 Å². The van der Waals surface area contributed by atoms with E-state index in [0.717, 1.165) is 24.8 Å². The summed E-state index contributed by atoms with van der Waals surface area (Å²) in [5.41, 5.74) is 0.332. The number of thiophene rings is 1. The summed E-state index contributed by atoms with van der Waals surface area (Å²) in [6, 6.07) is 4.40. The second-order valence-electron chi connectivity index (χ2n) is 6.46. The first-order valence-electron chi connectivity index (χ1n) is 8.03. The van der Waals surface area contributed by atoms with Crippen LogP contribution in [0, 0.1) is 16.7 Å². The molecule has 1 aromatic heterocycles. The largest absolute Gasteiger partial charge is 0.367 e. The molecule has 1 aliphatic carbocycles. The fraction of sp³-hybridized carbons (Fsp3) is 0.647. The van der Waals surface area contributed by atoms with Crippen LogP contribution in [0.15, 0.2) is 16.8 Å². The van der Waals surface area contributed by atoms with Crippen molar-refractivity contribution < 1.29 is 9.53 Å². The van der Waals surface area contributed by atoms with Gasteiger partial charge in [-0.3, -0.25) is 4.79 Å². The topological polar surface area (TPSA) is 53.3 Å². The molecule has 3 rings (SSSR count). The molecule has 2 fully saturated rings. The summed E-state index contributed by atoms with van der Waals surface area (Å²) in [6.07, 6.45) is 4.43. The Morgan fingerprint density at radius 2 is 2.18 bits per heavy atom. The van der Waals surface area contributed by atoms with Crippen LogP contribution in [0.3, 0.4) is 0 Å². The standard InChI is InChI=1S/C17H22N2O2S/c1-13-9-19(10-15(21-13)14-5-8-22-11-14)16(20)17(12-18)6-3-2-4-7-17/h5,8,11,13,15H,2-4,6-7,9-10H2,1H3/t13-,15+/m1/s1. The van der Waals surface area contributed by atoms with Gasteiger partial charge in [-0.1, -0.05) is 19.3 Å². The maximum Gasteiger partial charge on any atom is 0.243 e. The molecule has 1 saturated carbocycles. The molecule has 2 aliphatic rings. The van der Waals surface area contributed by atoms with Crippen molar-refractivity contribution in [3.8, 4) is 6.07 Å². The Morgan fingerprint density at radius 1 is 1.41 bits per heavy atom. The highest BCUT2D eigenvalue weighted by molar-refractivity contribution is 7.07. The average Bonchev–Trinajstić information content (AvgIpc) is 3.09. The lowest BCUT2D eigenvalue weighted by Gasteiger charge is -2.41. The number of rotatable bonds is 2. The van der Waals surface area contributed by atoms with E-state index < -0.39 is 5.41 Å². The highest BCUT2D eigenvalue weighted by atomic mass is 32.1. The summed E-state index contributed by atoms with van der Waals surface area (Å²) < 4.78 is 5.99. The van der Waals surface area contributed by atoms with E-state index in [1.165, 1.54) is 0 Å². The summed E-state index contributed by atoms with van der Waals surface area (Å²) in [5.74, 6) is 0.0186. The first-order valence-corrected chi connectivity index (χ1v) is 8.97. The van der Waals surface area contributed by atoms with E-state index in [4.69, 9.17) is 4.74 Å². The van der Waals surface area contributed by atoms with Crippen LogP contribution in [0.1, 0.15) is 50.7 Å². The van der Waals surface area contributed by atoms with Gasteiger partial charge in [-0.2, -0.15) is 16.6 Å². The molecule has 1 amide bonds. The highest BCUT2D eigenvalue weighted by Gasteiger charge is 2.44. The van der Waals surface area contributed by atoms with Gasteiger partial charge >= 0.3 is 0 Å². The third-order valence-corrected chi connectivity index (χ3v) is 5.49. The van der Waals surface area contributed by atoms with E-state index in [9.17, 15) is 10.1 Å². The third-order valence-electron chi connectivity index (χ3n) is 4.79. The number of nitrogens with zero attached hydrogens (tertiary/aromatic N) is 2. The Morgan fingerprint density at radius 3 is 2.82 bits per heavy atom. The van der Waals surface area contributed by atoms with Gasteiger partial charge in [-0.25, -0.2) is 0 Å². The number of hydrogen-bond acceptors (Lipinski definition) is 4. The minimum Gasteiger partial charge on any atom is -0.367 e. The van der Waals surface area contributed by atoms with Crippen LogP contribution < -0.4 is 0 Å². The van der Waals surface area contributed by atoms with E-state index in [2.05, 4.69) is 17.5 Å². The number of carbonyl (C=O) groups is 1. The average molecular weight is 318 g/mol. The van der Waals surface area contributed by atoms with Crippen LogP contribution in [0.2, 0.25) is 0 Å². The van der Waals surface area contributed by atoms with Crippen molar-refractivity contribution in [3.05, 3.63) is 22.4 Å². The zero-order chi connectivity index (χ0) is 15.6. The fourth-order valence-electron chi connectivity index (χ4n) is 3.59. The molecular weight excluding hydrogens is 296 g/mol. The van der Waals surface area contributed by atoms with Gasteiger partial charge in [0.2, 0.25) is 5.91 Å². The number of amides is 1. The monoisotopic (exact) mass is 318 g/mol. The molecule has 0 bridgehead atoms. The molecule has 2 atom stereocenters. The molecule has 0 radical (unpaired) electrons. The molecule has 1 aromatic rings. The molecule has 2 heterocycles. The molecule has 118 valence electrons. The smallest absolute Gasteiger partial charge is 0.243 e. The normalized spacial score (nSPS) is 28.1. The van der Waals surface area contributed by atoms with Crippen molar-refractivity contribution in [1.29, 1.82) is 5.26 Å². The van der Waals surface area contributed by atoms with Gasteiger partial charge in [0.25, 0.3) is 0 Å². The van der Waals surface area contributed by atoms with Crippen molar-refractivity contribution in [3.63, 3.8) is 0 Å². The van der Waals surface area contributed by atoms with Crippen molar-refractivity contribution in [2.24, 2.45) is 5.41 Å². The predicted octanol–water partition coefficient (Wildman–Crippen LogP) is 3.51. The fourth-order valence-corrected chi connectivity index (χ4v) is 4.29. The minimum atomic E-state index is -0.797. The Kier molecular flexibility index (Phi) is 4.51. The van der Waals surface area contributed by atoms with Gasteiger partial charge in [0.1, 0.15) is 11.5 Å². The van der Waals surface area contributed by atoms with Crippen molar-refractivity contribution >= 4 is 17.2 Å². The Balaban J connectivity index is 1.78. The van der Waals surface area contributed by atoms with E-state index in [-0.39, 0.29) is 18.1 Å². The molecule has 1 saturated heterocycles. The number of hydrogen-bond donors (Lipinski definition) is 0. The van der Waals surface area contributed by atoms with Crippen molar-refractivity contribution in [2.75, 3.05) is 13.1 Å². The molecule has 0 spiro atoms. The van der Waals surface area contributed by atoms with Crippen LogP contribution in [0.25, 0.3) is 0 Å². The van der Waals surface area contributed by atoms with E-state index >= 15 is 0 Å². The molecule has 0 unspecified atom stereocenters. The lowest BCUT2D eigenvalue weighted by Crippen LogP contribution is -2.51. The Labute approximate surface area is 135 Å². The molecule has 0 N–H and O–H groups in total. The van der Waals surface area contributed by atoms with Crippen LogP contribution in [0.4, 0.5) is 0 Å². The second kappa shape index (κ2) is 6.39. The van der Waals surface area contributed by atoms with E-state index in [0.29, 0.717) is 25.9 Å². The van der Waals surface area contributed by atoms with E-state index in [1.54, 1.807) is 11.3 Å². The molecule has 4 nitrogen and oxygen atoms in total. The molecule has 5 heteroatoms. The van der Waals surface area contributed by atoms with Gasteiger partial charge in [0, 0.05) is 6.54 Å². The Bertz CT molecular complexity index is 558. The SMILES string of the molecule is C[C@@H]1CN(C(=O)C2(C#N)CCCCC2)C[C@@H](c2ccsc2)O1. The number of nitriles is 1. The zero-order valence-corrected chi connectivity index (χ0v) is 13.8. The van der Waals surface area contributed by atoms with Gasteiger partial charge < -0.3 is 9.64 Å². The van der Waals surface area contributed by atoms with Crippen LogP contribution in [-0.2, 0) is 9.53 Å². The van der Waals surface area contributed by atoms with Crippen LogP contribution >= 0.6 is 11.3 Å². The lowest BCUT2D eigenvalue weighted by atomic mass is 9.74. The lowest BCUT2D eigenvalue weighted by molar-refractivity contribution is -0.153. The molecule has 0 aromatic carbocycles. The summed E-state index contributed by atoms with van der Waals surface area (Å²) in [7, 11) is 0. The van der Waals surface area contributed by atoms with E-state index in [1.807, 2.05) is 17.2 Å². The molecule has 1 aliphatic heterocycles. The summed E-state index contributed by atoms with van der Waals surface area (Å²) >= 11 is 1.64. The first kappa shape index (κ1) is 15.5. The van der Waals surface area contributed by atoms with Gasteiger partial charge in [0.05, 0.1) is 18.7 Å². The zero-order valence-electron chi connectivity index (χ0n) is 13.0. The second-order valence-corrected chi connectivity index (χ2v) is 7.24. The maximum atomic E-state index is 13.0. The van der Waals surface area contributed by atoms with Gasteiger partial charge in [-0.15, -0.1) is 0 Å². The van der Waals surface area contributed by atoms with Crippen molar-refractivity contribution in [1.82, 2.24) is 4.90 Å². The summed E-state index contributed by atoms with van der Waals surface area (Å²) in [5, 5.41) is 13.7. The number of ether oxygens (including phenoxy) is 1. The quantitative estimate of drug-likeness (QED) is 0.838. The summed E-state index contributed by atoms with van der Waals surface area (Å²) in [6.45, 7) is 3.14. The first-order chi connectivity index (χ1) is 10.6. The minimum absolute atomic E-state index is 0.00179. The summed E-state index contributed by atoms with van der Waals surface area (Å²) in [4.78, 5) is 14.9. The van der Waals surface area contributed by atoms with Crippen molar-refractivity contribution in [2.45, 2.75) is 51.2 Å². The maximum absolute atomic E-state index is 13.0. The number of morpholine rings is 1. The van der Waals surface area contributed by atoms with Gasteiger partial charge in [0.15, 0.2) is 0 Å².